The molecule has 5 heteroatoms. The molecule has 2 rings (SSSR count). The van der Waals surface area contributed by atoms with E-state index in [-0.39, 0.29) is 11.7 Å². The zero-order valence-corrected chi connectivity index (χ0v) is 13.5. The summed E-state index contributed by atoms with van der Waals surface area (Å²) in [6.07, 6.45) is 3.54. The molecule has 1 aromatic carbocycles. The summed E-state index contributed by atoms with van der Waals surface area (Å²) in [6.45, 7) is 2.76. The number of rotatable bonds is 5. The maximum atomic E-state index is 12.8. The van der Waals surface area contributed by atoms with Crippen LogP contribution < -0.4 is 10.6 Å². The number of nitrogens with two attached hydrogens (primary N) is 1. The number of carbonyl (C=O) groups excluding carboxylic acids is 1. The van der Waals surface area contributed by atoms with E-state index in [4.69, 9.17) is 5.73 Å². The Hall–Kier alpha value is -1.88. The molecule has 1 heterocycles. The number of halogens is 1. The van der Waals surface area contributed by atoms with E-state index in [1.54, 1.807) is 17.2 Å². The number of hydrogen-bond donors (Lipinski definition) is 1. The fourth-order valence-electron chi connectivity index (χ4n) is 2.04. The zero-order chi connectivity index (χ0) is 15.2. The number of pyridine rings is 1. The second-order valence-electron chi connectivity index (χ2n) is 4.73. The van der Waals surface area contributed by atoms with Crippen molar-refractivity contribution in [1.29, 1.82) is 0 Å². The van der Waals surface area contributed by atoms with Gasteiger partial charge in [0.15, 0.2) is 0 Å². The van der Waals surface area contributed by atoms with Crippen molar-refractivity contribution in [2.75, 3.05) is 17.2 Å². The number of anilines is 2. The van der Waals surface area contributed by atoms with Gasteiger partial charge in [-0.2, -0.15) is 0 Å². The molecule has 0 atom stereocenters. The van der Waals surface area contributed by atoms with Crippen LogP contribution >= 0.6 is 15.9 Å². The van der Waals surface area contributed by atoms with Gasteiger partial charge in [0.25, 0.3) is 5.91 Å². The van der Waals surface area contributed by atoms with Crippen LogP contribution in [0.3, 0.4) is 0 Å². The smallest absolute Gasteiger partial charge is 0.262 e. The molecular formula is C16H18BrN3O. The van der Waals surface area contributed by atoms with Gasteiger partial charge in [-0.3, -0.25) is 4.79 Å². The molecule has 2 N–H and O–H groups in total. The van der Waals surface area contributed by atoms with Crippen LogP contribution in [-0.4, -0.2) is 17.4 Å². The van der Waals surface area contributed by atoms with Gasteiger partial charge in [0, 0.05) is 22.9 Å². The summed E-state index contributed by atoms with van der Waals surface area (Å²) >= 11 is 3.33. The summed E-state index contributed by atoms with van der Waals surface area (Å²) in [4.78, 5) is 18.6. The van der Waals surface area contributed by atoms with Gasteiger partial charge in [-0.05, 0) is 40.5 Å². The number of benzene rings is 1. The molecule has 0 radical (unpaired) electrons. The molecule has 4 nitrogen and oxygen atoms in total. The van der Waals surface area contributed by atoms with Crippen molar-refractivity contribution >= 4 is 33.3 Å². The Morgan fingerprint density at radius 1 is 1.33 bits per heavy atom. The van der Waals surface area contributed by atoms with Gasteiger partial charge < -0.3 is 10.6 Å². The Labute approximate surface area is 133 Å². The summed E-state index contributed by atoms with van der Waals surface area (Å²) < 4.78 is 0.739. The summed E-state index contributed by atoms with van der Waals surface area (Å²) in [5.41, 5.74) is 7.15. The Morgan fingerprint density at radius 2 is 2.05 bits per heavy atom. The number of amides is 1. The molecule has 2 aromatic rings. The molecule has 0 aliphatic rings. The highest BCUT2D eigenvalue weighted by molar-refractivity contribution is 9.10. The van der Waals surface area contributed by atoms with Crippen LogP contribution in [0.4, 0.5) is 11.5 Å². The average molecular weight is 348 g/mol. The van der Waals surface area contributed by atoms with Crippen molar-refractivity contribution in [1.82, 2.24) is 4.98 Å². The first kappa shape index (κ1) is 15.5. The highest BCUT2D eigenvalue weighted by Gasteiger charge is 2.20. The van der Waals surface area contributed by atoms with E-state index in [1.807, 2.05) is 30.3 Å². The Balaban J connectivity index is 2.36. The van der Waals surface area contributed by atoms with Gasteiger partial charge in [-0.1, -0.05) is 31.5 Å². The second-order valence-corrected chi connectivity index (χ2v) is 5.65. The number of nitrogen functional groups attached to an aromatic ring is 1. The SMILES string of the molecule is CCCCN(C(=O)c1cc(Br)cnc1N)c1ccccc1. The molecule has 0 unspecified atom stereocenters. The number of para-hydroxylation sites is 1. The topological polar surface area (TPSA) is 59.2 Å². The summed E-state index contributed by atoms with van der Waals surface area (Å²) in [5, 5.41) is 0. The number of hydrogen-bond acceptors (Lipinski definition) is 3. The molecule has 0 aliphatic carbocycles. The van der Waals surface area contributed by atoms with Gasteiger partial charge >= 0.3 is 0 Å². The van der Waals surface area contributed by atoms with E-state index in [0.29, 0.717) is 12.1 Å². The lowest BCUT2D eigenvalue weighted by molar-refractivity contribution is 0.0987. The van der Waals surface area contributed by atoms with Crippen LogP contribution in [0.15, 0.2) is 47.1 Å². The zero-order valence-electron chi connectivity index (χ0n) is 11.9. The van der Waals surface area contributed by atoms with Crippen LogP contribution in [0.2, 0.25) is 0 Å². The molecule has 0 aliphatic heterocycles. The first-order chi connectivity index (χ1) is 10.1. The highest BCUT2D eigenvalue weighted by atomic mass is 79.9. The molecule has 21 heavy (non-hydrogen) atoms. The summed E-state index contributed by atoms with van der Waals surface area (Å²) in [7, 11) is 0. The monoisotopic (exact) mass is 347 g/mol. The third-order valence-electron chi connectivity index (χ3n) is 3.16. The molecule has 110 valence electrons. The van der Waals surface area contributed by atoms with Crippen molar-refractivity contribution in [3.8, 4) is 0 Å². The molecule has 0 spiro atoms. The minimum Gasteiger partial charge on any atom is -0.383 e. The molecule has 1 amide bonds. The lowest BCUT2D eigenvalue weighted by Crippen LogP contribution is -2.32. The summed E-state index contributed by atoms with van der Waals surface area (Å²) in [6, 6.07) is 11.3. The predicted octanol–water partition coefficient (Wildman–Crippen LogP) is 3.87. The summed E-state index contributed by atoms with van der Waals surface area (Å²) in [5.74, 6) is 0.126. The van der Waals surface area contributed by atoms with E-state index in [0.717, 1.165) is 23.0 Å². The first-order valence-electron chi connectivity index (χ1n) is 6.91. The van der Waals surface area contributed by atoms with E-state index < -0.39 is 0 Å². The van der Waals surface area contributed by atoms with Crippen LogP contribution in [0.25, 0.3) is 0 Å². The first-order valence-corrected chi connectivity index (χ1v) is 7.70. The third kappa shape index (κ3) is 3.82. The van der Waals surface area contributed by atoms with Crippen LogP contribution in [0.5, 0.6) is 0 Å². The largest absolute Gasteiger partial charge is 0.383 e. The van der Waals surface area contributed by atoms with Crippen LogP contribution in [-0.2, 0) is 0 Å². The quantitative estimate of drug-likeness (QED) is 0.892. The lowest BCUT2D eigenvalue weighted by atomic mass is 10.2. The van der Waals surface area contributed by atoms with Gasteiger partial charge in [0.1, 0.15) is 5.82 Å². The van der Waals surface area contributed by atoms with Crippen molar-refractivity contribution in [3.63, 3.8) is 0 Å². The van der Waals surface area contributed by atoms with Crippen LogP contribution in [0, 0.1) is 0 Å². The fraction of sp³-hybridized carbons (Fsp3) is 0.250. The van der Waals surface area contributed by atoms with Crippen molar-refractivity contribution < 1.29 is 4.79 Å². The number of nitrogens with zero attached hydrogens (tertiary/aromatic N) is 2. The van der Waals surface area contributed by atoms with Gasteiger partial charge in [-0.15, -0.1) is 0 Å². The molecule has 0 fully saturated rings. The lowest BCUT2D eigenvalue weighted by Gasteiger charge is -2.23. The number of aromatic nitrogens is 1. The number of unbranched alkanes of at least 4 members (excludes halogenated alkanes) is 1. The van der Waals surface area contributed by atoms with E-state index in [9.17, 15) is 4.79 Å². The molecule has 1 aromatic heterocycles. The van der Waals surface area contributed by atoms with Gasteiger partial charge in [0.05, 0.1) is 5.56 Å². The number of carbonyl (C=O) groups is 1. The van der Waals surface area contributed by atoms with Crippen LogP contribution in [0.1, 0.15) is 30.1 Å². The Morgan fingerprint density at radius 3 is 2.71 bits per heavy atom. The van der Waals surface area contributed by atoms with Gasteiger partial charge in [-0.25, -0.2) is 4.98 Å². The molecular weight excluding hydrogens is 330 g/mol. The molecule has 0 saturated heterocycles. The maximum Gasteiger partial charge on any atom is 0.262 e. The highest BCUT2D eigenvalue weighted by Crippen LogP contribution is 2.22. The van der Waals surface area contributed by atoms with Crippen molar-refractivity contribution in [2.24, 2.45) is 0 Å². The van der Waals surface area contributed by atoms with E-state index in [1.165, 1.54) is 0 Å². The second kappa shape index (κ2) is 7.22. The predicted molar refractivity (Wildman–Crippen MR) is 89.4 cm³/mol. The van der Waals surface area contributed by atoms with Crippen molar-refractivity contribution in [3.05, 3.63) is 52.6 Å². The third-order valence-corrected chi connectivity index (χ3v) is 3.60. The average Bonchev–Trinajstić information content (AvgIpc) is 2.51. The minimum absolute atomic E-state index is 0.124. The standard InChI is InChI=1S/C16H18BrN3O/c1-2-3-9-20(13-7-5-4-6-8-13)16(21)14-10-12(17)11-19-15(14)18/h4-8,10-11H,2-3,9H2,1H3,(H2,18,19). The van der Waals surface area contributed by atoms with Crippen molar-refractivity contribution in [2.45, 2.75) is 19.8 Å². The molecule has 0 saturated carbocycles. The fourth-order valence-corrected chi connectivity index (χ4v) is 2.37. The van der Waals surface area contributed by atoms with E-state index in [2.05, 4.69) is 27.8 Å². The Kier molecular flexibility index (Phi) is 5.33. The Bertz CT molecular complexity index is 616. The maximum absolute atomic E-state index is 12.8. The van der Waals surface area contributed by atoms with E-state index >= 15 is 0 Å². The normalized spacial score (nSPS) is 10.4. The molecule has 0 bridgehead atoms. The minimum atomic E-state index is -0.124. The van der Waals surface area contributed by atoms with Gasteiger partial charge in [0.2, 0.25) is 0 Å².